The minimum absolute atomic E-state index is 0.520. The van der Waals surface area contributed by atoms with Gasteiger partial charge in [-0.25, -0.2) is 0 Å². The molecule has 0 amide bonds. The summed E-state index contributed by atoms with van der Waals surface area (Å²) >= 11 is 0. The molecular weight excluding hydrogens is 184 g/mol. The monoisotopic (exact) mass is 202 g/mol. The van der Waals surface area contributed by atoms with Gasteiger partial charge in [0.25, 0.3) is 0 Å². The summed E-state index contributed by atoms with van der Waals surface area (Å²) in [6.07, 6.45) is 8.20. The van der Waals surface area contributed by atoms with E-state index in [9.17, 15) is 0 Å². The van der Waals surface area contributed by atoms with Gasteiger partial charge >= 0.3 is 0 Å². The summed E-state index contributed by atoms with van der Waals surface area (Å²) in [6.45, 7) is 0. The maximum Gasteiger partial charge on any atom is 0.0361 e. The maximum atomic E-state index is 4.22. The minimum Gasteiger partial charge on any atom is -0.313 e. The fraction of sp³-hybridized carbons (Fsp3) is 0.615. The van der Waals surface area contributed by atoms with E-state index >= 15 is 0 Å². The summed E-state index contributed by atoms with van der Waals surface area (Å²) in [5, 5.41) is 3.46. The van der Waals surface area contributed by atoms with E-state index in [2.05, 4.69) is 23.4 Å². The van der Waals surface area contributed by atoms with Crippen LogP contribution < -0.4 is 5.32 Å². The summed E-state index contributed by atoms with van der Waals surface area (Å²) in [6, 6.07) is 4.75. The van der Waals surface area contributed by atoms with Crippen molar-refractivity contribution in [3.05, 3.63) is 30.1 Å². The summed E-state index contributed by atoms with van der Waals surface area (Å²) in [5.41, 5.74) is 1.35. The molecule has 2 saturated carbocycles. The van der Waals surface area contributed by atoms with Crippen LogP contribution in [0.5, 0.6) is 0 Å². The second-order valence-electron chi connectivity index (χ2n) is 5.04. The Labute approximate surface area is 91.1 Å². The Morgan fingerprint density at radius 1 is 1.33 bits per heavy atom. The van der Waals surface area contributed by atoms with Crippen molar-refractivity contribution in [1.82, 2.24) is 10.3 Å². The van der Waals surface area contributed by atoms with E-state index in [1.165, 1.54) is 24.8 Å². The van der Waals surface area contributed by atoms with Crippen LogP contribution in [-0.2, 0) is 0 Å². The lowest BCUT2D eigenvalue weighted by molar-refractivity contribution is 0.359. The van der Waals surface area contributed by atoms with Crippen LogP contribution in [0.4, 0.5) is 0 Å². The van der Waals surface area contributed by atoms with Crippen molar-refractivity contribution in [3.63, 3.8) is 0 Å². The normalized spacial score (nSPS) is 34.9. The molecule has 0 aliphatic heterocycles. The smallest absolute Gasteiger partial charge is 0.0361 e. The van der Waals surface area contributed by atoms with E-state index in [1.807, 2.05) is 18.5 Å². The van der Waals surface area contributed by atoms with Gasteiger partial charge in [0, 0.05) is 18.4 Å². The standard InChI is InChI=1S/C13H18N2/c1-14-13(9-3-2-4-15-8-9)12-6-10-5-11(10)7-12/h2-4,8,10-14H,5-7H2,1H3. The number of fused-ring (bicyclic) bond motifs is 1. The van der Waals surface area contributed by atoms with E-state index < -0.39 is 0 Å². The molecule has 1 aromatic rings. The van der Waals surface area contributed by atoms with Crippen LogP contribution in [0.15, 0.2) is 24.5 Å². The number of nitrogens with one attached hydrogen (secondary N) is 1. The zero-order chi connectivity index (χ0) is 10.3. The minimum atomic E-state index is 0.520. The van der Waals surface area contributed by atoms with E-state index in [0.717, 1.165) is 17.8 Å². The van der Waals surface area contributed by atoms with Gasteiger partial charge in [0.2, 0.25) is 0 Å². The first-order valence-corrected chi connectivity index (χ1v) is 5.95. The highest BCUT2D eigenvalue weighted by molar-refractivity contribution is 5.16. The van der Waals surface area contributed by atoms with E-state index in [0.29, 0.717) is 6.04 Å². The van der Waals surface area contributed by atoms with E-state index in [4.69, 9.17) is 0 Å². The number of rotatable bonds is 3. The Morgan fingerprint density at radius 3 is 2.73 bits per heavy atom. The zero-order valence-electron chi connectivity index (χ0n) is 9.19. The highest BCUT2D eigenvalue weighted by Gasteiger charge is 2.47. The molecule has 2 heteroatoms. The highest BCUT2D eigenvalue weighted by atomic mass is 14.9. The van der Waals surface area contributed by atoms with Crippen LogP contribution in [0.25, 0.3) is 0 Å². The Hall–Kier alpha value is -0.890. The van der Waals surface area contributed by atoms with Crippen LogP contribution in [0.2, 0.25) is 0 Å². The summed E-state index contributed by atoms with van der Waals surface area (Å²) in [7, 11) is 2.07. The third-order valence-corrected chi connectivity index (χ3v) is 4.11. The van der Waals surface area contributed by atoms with Gasteiger partial charge in [-0.2, -0.15) is 0 Å². The third-order valence-electron chi connectivity index (χ3n) is 4.11. The van der Waals surface area contributed by atoms with Crippen LogP contribution in [0.3, 0.4) is 0 Å². The van der Waals surface area contributed by atoms with Crippen LogP contribution in [0, 0.1) is 17.8 Å². The lowest BCUT2D eigenvalue weighted by atomic mass is 9.90. The van der Waals surface area contributed by atoms with Crippen molar-refractivity contribution in [2.24, 2.45) is 17.8 Å². The van der Waals surface area contributed by atoms with Crippen molar-refractivity contribution in [2.75, 3.05) is 7.05 Å². The first-order valence-electron chi connectivity index (χ1n) is 5.95. The van der Waals surface area contributed by atoms with Gasteiger partial charge in [-0.3, -0.25) is 4.98 Å². The molecule has 0 spiro atoms. The van der Waals surface area contributed by atoms with Crippen molar-refractivity contribution < 1.29 is 0 Å². The Balaban J connectivity index is 1.76. The number of hydrogen-bond acceptors (Lipinski definition) is 2. The zero-order valence-corrected chi connectivity index (χ0v) is 9.19. The van der Waals surface area contributed by atoms with Crippen molar-refractivity contribution >= 4 is 0 Å². The van der Waals surface area contributed by atoms with Crippen molar-refractivity contribution in [1.29, 1.82) is 0 Å². The first kappa shape index (κ1) is 9.34. The highest BCUT2D eigenvalue weighted by Crippen LogP contribution is 2.56. The molecule has 3 unspecified atom stereocenters. The molecule has 0 radical (unpaired) electrons. The average Bonchev–Trinajstić information content (AvgIpc) is 2.89. The fourth-order valence-electron chi connectivity index (χ4n) is 3.27. The lowest BCUT2D eigenvalue weighted by Crippen LogP contribution is -2.24. The van der Waals surface area contributed by atoms with Gasteiger partial charge in [0.05, 0.1) is 0 Å². The van der Waals surface area contributed by atoms with Gasteiger partial charge in [-0.05, 0) is 55.7 Å². The van der Waals surface area contributed by atoms with Crippen LogP contribution in [-0.4, -0.2) is 12.0 Å². The summed E-state index contributed by atoms with van der Waals surface area (Å²) < 4.78 is 0. The molecule has 2 fully saturated rings. The van der Waals surface area contributed by atoms with Gasteiger partial charge in [-0.15, -0.1) is 0 Å². The van der Waals surface area contributed by atoms with Crippen molar-refractivity contribution in [3.8, 4) is 0 Å². The van der Waals surface area contributed by atoms with Gasteiger partial charge < -0.3 is 5.32 Å². The SMILES string of the molecule is CNC(c1cccnc1)C1CC2CC2C1. The van der Waals surface area contributed by atoms with E-state index in [-0.39, 0.29) is 0 Å². The van der Waals surface area contributed by atoms with Crippen LogP contribution >= 0.6 is 0 Å². The largest absolute Gasteiger partial charge is 0.313 e. The molecule has 0 saturated heterocycles. The average molecular weight is 202 g/mol. The molecule has 0 aromatic carbocycles. The fourth-order valence-corrected chi connectivity index (χ4v) is 3.27. The second kappa shape index (κ2) is 3.60. The molecule has 1 N–H and O–H groups in total. The molecule has 1 heterocycles. The van der Waals surface area contributed by atoms with E-state index in [1.54, 1.807) is 0 Å². The Kier molecular flexibility index (Phi) is 2.24. The predicted molar refractivity (Wildman–Crippen MR) is 60.4 cm³/mol. The molecule has 2 nitrogen and oxygen atoms in total. The molecular formula is C13H18N2. The molecule has 3 rings (SSSR count). The number of nitrogens with zero attached hydrogens (tertiary/aromatic N) is 1. The quantitative estimate of drug-likeness (QED) is 0.814. The topological polar surface area (TPSA) is 24.9 Å². The second-order valence-corrected chi connectivity index (χ2v) is 5.04. The van der Waals surface area contributed by atoms with Crippen LogP contribution in [0.1, 0.15) is 30.9 Å². The molecule has 3 atom stereocenters. The molecule has 80 valence electrons. The molecule has 1 aromatic heterocycles. The number of aromatic nitrogens is 1. The number of pyridine rings is 1. The lowest BCUT2D eigenvalue weighted by Gasteiger charge is -2.24. The van der Waals surface area contributed by atoms with Gasteiger partial charge in [0.1, 0.15) is 0 Å². The summed E-state index contributed by atoms with van der Waals surface area (Å²) in [5.74, 6) is 2.95. The third kappa shape index (κ3) is 1.67. The Morgan fingerprint density at radius 2 is 2.13 bits per heavy atom. The number of hydrogen-bond donors (Lipinski definition) is 1. The molecule has 0 bridgehead atoms. The van der Waals surface area contributed by atoms with Crippen molar-refractivity contribution in [2.45, 2.75) is 25.3 Å². The van der Waals surface area contributed by atoms with Gasteiger partial charge in [0.15, 0.2) is 0 Å². The van der Waals surface area contributed by atoms with Gasteiger partial charge in [-0.1, -0.05) is 6.07 Å². The maximum absolute atomic E-state index is 4.22. The molecule has 2 aliphatic rings. The first-order chi connectivity index (χ1) is 7.38. The summed E-state index contributed by atoms with van der Waals surface area (Å²) in [4.78, 5) is 4.22. The molecule has 2 aliphatic carbocycles. The molecule has 15 heavy (non-hydrogen) atoms. The Bertz CT molecular complexity index is 326. The predicted octanol–water partition coefficient (Wildman–Crippen LogP) is 2.39.